The number of H-pyrrole nitrogens is 1. The molecular weight excluding hydrogens is 322 g/mol. The highest BCUT2D eigenvalue weighted by Crippen LogP contribution is 2.44. The van der Waals surface area contributed by atoms with Crippen LogP contribution in [0.3, 0.4) is 0 Å². The molecule has 4 rings (SSSR count). The van der Waals surface area contributed by atoms with Gasteiger partial charge in [-0.2, -0.15) is 5.26 Å². The summed E-state index contributed by atoms with van der Waals surface area (Å²) in [6.45, 7) is 2.88. The average Bonchev–Trinajstić information content (AvgIpc) is 3.06. The van der Waals surface area contributed by atoms with E-state index in [1.54, 1.807) is 0 Å². The van der Waals surface area contributed by atoms with Gasteiger partial charge in [-0.3, -0.25) is 4.79 Å². The van der Waals surface area contributed by atoms with Crippen molar-refractivity contribution < 1.29 is 4.79 Å². The highest BCUT2D eigenvalue weighted by atomic mass is 16.2. The van der Waals surface area contributed by atoms with Crippen LogP contribution in [0.5, 0.6) is 0 Å². The largest absolute Gasteiger partial charge is 0.361 e. The lowest BCUT2D eigenvalue weighted by Crippen LogP contribution is -2.51. The van der Waals surface area contributed by atoms with Crippen molar-refractivity contribution in [3.63, 3.8) is 0 Å². The molecule has 3 atom stereocenters. The molecule has 2 fully saturated rings. The first-order valence-electron chi connectivity index (χ1n) is 9.39. The fourth-order valence-corrected chi connectivity index (χ4v) is 4.82. The number of nitrogens with zero attached hydrogens (tertiary/aromatic N) is 2. The van der Waals surface area contributed by atoms with Crippen LogP contribution in [0.2, 0.25) is 0 Å². The highest BCUT2D eigenvalue weighted by Gasteiger charge is 2.44. The quantitative estimate of drug-likeness (QED) is 0.847. The van der Waals surface area contributed by atoms with Gasteiger partial charge in [0.1, 0.15) is 0 Å². The molecule has 2 aromatic rings. The molecule has 0 spiro atoms. The van der Waals surface area contributed by atoms with Gasteiger partial charge in [-0.15, -0.1) is 0 Å². The number of aromatic amines is 1. The van der Waals surface area contributed by atoms with Crippen LogP contribution >= 0.6 is 0 Å². The Morgan fingerprint density at radius 2 is 2.23 bits per heavy atom. The summed E-state index contributed by atoms with van der Waals surface area (Å²) in [5.41, 5.74) is 2.18. The Morgan fingerprint density at radius 3 is 3.04 bits per heavy atom. The molecule has 1 aromatic carbocycles. The topological polar surface area (TPSA) is 59.9 Å². The van der Waals surface area contributed by atoms with Gasteiger partial charge in [-0.1, -0.05) is 32.5 Å². The second kappa shape index (κ2) is 7.15. The van der Waals surface area contributed by atoms with E-state index in [0.29, 0.717) is 6.42 Å². The Labute approximate surface area is 156 Å². The van der Waals surface area contributed by atoms with Gasteiger partial charge in [0.25, 0.3) is 0 Å². The van der Waals surface area contributed by atoms with E-state index in [0.717, 1.165) is 44.2 Å². The zero-order chi connectivity index (χ0) is 17.4. The molecule has 0 radical (unpaired) electrons. The number of carbonyl (C=O) groups excluding carboxylic acids is 1. The summed E-state index contributed by atoms with van der Waals surface area (Å²) < 4.78 is 0. The molecule has 1 saturated heterocycles. The van der Waals surface area contributed by atoms with E-state index in [4.69, 9.17) is 0 Å². The number of benzene rings is 1. The second-order valence-corrected chi connectivity index (χ2v) is 7.87. The van der Waals surface area contributed by atoms with Gasteiger partial charge < -0.3 is 9.88 Å². The molecule has 4 nitrogen and oxygen atoms in total. The maximum absolute atomic E-state index is 13.0. The van der Waals surface area contributed by atoms with E-state index in [2.05, 4.69) is 35.0 Å². The lowest BCUT2D eigenvalue weighted by Gasteiger charge is -2.47. The molecule has 138 valence electrons. The molecule has 3 unspecified atom stereocenters. The third-order valence-electron chi connectivity index (χ3n) is 6.28. The number of fused-ring (bicyclic) bond motifs is 3. The van der Waals surface area contributed by atoms with Crippen LogP contribution in [0, 0.1) is 16.7 Å². The number of rotatable bonds is 3. The number of nitriles is 1. The van der Waals surface area contributed by atoms with E-state index in [-0.39, 0.29) is 30.7 Å². The van der Waals surface area contributed by atoms with Crippen LogP contribution in [0.25, 0.3) is 10.9 Å². The number of hydrogen-bond acceptors (Lipinski definition) is 2. The van der Waals surface area contributed by atoms with Crippen LogP contribution in [-0.2, 0) is 4.79 Å². The first-order chi connectivity index (χ1) is 12.1. The number of para-hydroxylation sites is 1. The van der Waals surface area contributed by atoms with Crippen molar-refractivity contribution in [2.24, 2.45) is 5.41 Å². The second-order valence-electron chi connectivity index (χ2n) is 7.87. The summed E-state index contributed by atoms with van der Waals surface area (Å²) in [4.78, 5) is 18.3. The third-order valence-corrected chi connectivity index (χ3v) is 6.28. The summed E-state index contributed by atoms with van der Waals surface area (Å²) in [6, 6.07) is 11.1. The van der Waals surface area contributed by atoms with Crippen LogP contribution < -0.4 is 0 Å². The van der Waals surface area contributed by atoms with Gasteiger partial charge in [0.2, 0.25) is 5.91 Å². The Kier molecular flexibility index (Phi) is 5.09. The number of hydrogen-bond donors (Lipinski definition) is 1. The van der Waals surface area contributed by atoms with Crippen molar-refractivity contribution in [1.82, 2.24) is 9.88 Å². The van der Waals surface area contributed by atoms with Gasteiger partial charge in [-0.05, 0) is 49.7 Å². The number of aromatic nitrogens is 1. The van der Waals surface area contributed by atoms with Gasteiger partial charge in [0.05, 0.1) is 11.5 Å². The van der Waals surface area contributed by atoms with Crippen molar-refractivity contribution in [3.05, 3.63) is 36.0 Å². The molecule has 1 saturated carbocycles. The molecule has 1 aliphatic heterocycles. The standard InChI is InChI=1S/C21H25N3O.CH4/c1-15(18-13-23-19-7-3-2-6-17(18)19)11-20(25)24-10-9-21(14-22)8-4-5-16(24)12-21;/h2-3,6-7,13,15-16,23H,4-5,8-12H2,1H3;1H4. The van der Waals surface area contributed by atoms with Crippen LogP contribution in [0.4, 0.5) is 0 Å². The van der Waals surface area contributed by atoms with E-state index in [9.17, 15) is 10.1 Å². The fraction of sp³-hybridized carbons (Fsp3) is 0.545. The predicted molar refractivity (Wildman–Crippen MR) is 105 cm³/mol. The molecular formula is C22H29N3O. The minimum Gasteiger partial charge on any atom is -0.361 e. The molecule has 2 heterocycles. The van der Waals surface area contributed by atoms with Crippen LogP contribution in [-0.4, -0.2) is 28.4 Å². The first kappa shape index (κ1) is 18.5. The molecule has 26 heavy (non-hydrogen) atoms. The maximum Gasteiger partial charge on any atom is 0.223 e. The average molecular weight is 351 g/mol. The maximum atomic E-state index is 13.0. The number of piperidine rings is 1. The lowest BCUT2D eigenvalue weighted by atomic mass is 9.68. The van der Waals surface area contributed by atoms with Crippen molar-refractivity contribution >= 4 is 16.8 Å². The third kappa shape index (κ3) is 3.11. The van der Waals surface area contributed by atoms with Gasteiger partial charge in [0, 0.05) is 36.1 Å². The van der Waals surface area contributed by atoms with Crippen molar-refractivity contribution in [1.29, 1.82) is 5.26 Å². The highest BCUT2D eigenvalue weighted by molar-refractivity contribution is 5.85. The number of nitrogens with one attached hydrogen (secondary N) is 1. The SMILES string of the molecule is C.CC(CC(=O)N1CCC2(C#N)CCCC1C2)c1c[nH]c2ccccc12. The van der Waals surface area contributed by atoms with E-state index in [1.807, 2.05) is 18.3 Å². The Bertz CT molecular complexity index is 833. The number of amides is 1. The van der Waals surface area contributed by atoms with E-state index in [1.165, 1.54) is 10.9 Å². The summed E-state index contributed by atoms with van der Waals surface area (Å²) >= 11 is 0. The lowest BCUT2D eigenvalue weighted by molar-refractivity contribution is -0.138. The molecule has 1 amide bonds. The predicted octanol–water partition coefficient (Wildman–Crippen LogP) is 4.98. The van der Waals surface area contributed by atoms with Crippen molar-refractivity contribution in [2.75, 3.05) is 6.54 Å². The summed E-state index contributed by atoms with van der Waals surface area (Å²) in [5.74, 6) is 0.436. The zero-order valence-corrected chi connectivity index (χ0v) is 14.8. The minimum absolute atomic E-state index is 0. The van der Waals surface area contributed by atoms with Gasteiger partial charge >= 0.3 is 0 Å². The van der Waals surface area contributed by atoms with Crippen molar-refractivity contribution in [3.8, 4) is 6.07 Å². The Balaban J connectivity index is 0.00000196. The van der Waals surface area contributed by atoms with Crippen molar-refractivity contribution in [2.45, 2.75) is 64.8 Å². The molecule has 4 heteroatoms. The van der Waals surface area contributed by atoms with Gasteiger partial charge in [0.15, 0.2) is 0 Å². The summed E-state index contributed by atoms with van der Waals surface area (Å²) in [6.07, 6.45) is 7.42. The molecule has 2 bridgehead atoms. The molecule has 2 aliphatic rings. The monoisotopic (exact) mass is 351 g/mol. The Hall–Kier alpha value is -2.28. The minimum atomic E-state index is -0.165. The van der Waals surface area contributed by atoms with E-state index < -0.39 is 0 Å². The number of likely N-dealkylation sites (tertiary alicyclic amines) is 1. The van der Waals surface area contributed by atoms with Gasteiger partial charge in [-0.25, -0.2) is 0 Å². The molecule has 1 N–H and O–H groups in total. The molecule has 1 aliphatic carbocycles. The number of carbonyl (C=O) groups is 1. The first-order valence-corrected chi connectivity index (χ1v) is 9.39. The summed E-state index contributed by atoms with van der Waals surface area (Å²) in [5, 5.41) is 10.7. The summed E-state index contributed by atoms with van der Waals surface area (Å²) in [7, 11) is 0. The normalized spacial score (nSPS) is 26.0. The molecule has 1 aromatic heterocycles. The smallest absolute Gasteiger partial charge is 0.223 e. The fourth-order valence-electron chi connectivity index (χ4n) is 4.82. The van der Waals surface area contributed by atoms with Crippen LogP contribution in [0.15, 0.2) is 30.5 Å². The van der Waals surface area contributed by atoms with Crippen LogP contribution in [0.1, 0.15) is 64.4 Å². The van der Waals surface area contributed by atoms with E-state index >= 15 is 0 Å². The zero-order valence-electron chi connectivity index (χ0n) is 14.8. The Morgan fingerprint density at radius 1 is 1.42 bits per heavy atom.